The number of rotatable bonds is 4. The van der Waals surface area contributed by atoms with Gasteiger partial charge in [-0.1, -0.05) is 32.0 Å². The zero-order chi connectivity index (χ0) is 18.1. The predicted octanol–water partition coefficient (Wildman–Crippen LogP) is 4.99. The van der Waals surface area contributed by atoms with E-state index in [9.17, 15) is 5.11 Å². The third-order valence-electron chi connectivity index (χ3n) is 6.99. The standard InChI is InChI=1S/C23H34N2O/c1-16(2)17-7-9-19(10-8-17)25-22-6-4-3-5-20(22)21(15-26)23(25)18-11-13-24-14-12-18/h3-6,16-19,24,26H,7-15H2,1-2H3. The van der Waals surface area contributed by atoms with E-state index in [0.717, 1.165) is 24.9 Å². The molecule has 0 unspecified atom stereocenters. The number of nitrogens with one attached hydrogen (secondary N) is 1. The number of hydrogen-bond donors (Lipinski definition) is 2. The Kier molecular flexibility index (Phi) is 5.37. The summed E-state index contributed by atoms with van der Waals surface area (Å²) in [4.78, 5) is 0. The van der Waals surface area contributed by atoms with Gasteiger partial charge in [-0.15, -0.1) is 0 Å². The highest BCUT2D eigenvalue weighted by Crippen LogP contribution is 2.43. The van der Waals surface area contributed by atoms with Gasteiger partial charge in [0.25, 0.3) is 0 Å². The second-order valence-electron chi connectivity index (χ2n) is 8.75. The van der Waals surface area contributed by atoms with Gasteiger partial charge in [0.2, 0.25) is 0 Å². The fourth-order valence-electron chi connectivity index (χ4n) is 5.48. The molecule has 1 aromatic carbocycles. The topological polar surface area (TPSA) is 37.2 Å². The van der Waals surface area contributed by atoms with Gasteiger partial charge >= 0.3 is 0 Å². The first-order chi connectivity index (χ1) is 12.7. The molecule has 4 rings (SSSR count). The van der Waals surface area contributed by atoms with Crippen molar-refractivity contribution in [2.45, 2.75) is 70.9 Å². The predicted molar refractivity (Wildman–Crippen MR) is 109 cm³/mol. The number of para-hydroxylation sites is 1. The van der Waals surface area contributed by atoms with Gasteiger partial charge in [-0.25, -0.2) is 0 Å². The summed E-state index contributed by atoms with van der Waals surface area (Å²) >= 11 is 0. The van der Waals surface area contributed by atoms with Crippen LogP contribution in [0.3, 0.4) is 0 Å². The van der Waals surface area contributed by atoms with Crippen LogP contribution in [0.5, 0.6) is 0 Å². The molecular weight excluding hydrogens is 320 g/mol. The van der Waals surface area contributed by atoms with Crippen molar-refractivity contribution in [1.29, 1.82) is 0 Å². The Bertz CT molecular complexity index is 734. The Balaban J connectivity index is 1.77. The maximum atomic E-state index is 10.2. The molecule has 3 heteroatoms. The van der Waals surface area contributed by atoms with E-state index in [0.29, 0.717) is 12.0 Å². The number of aromatic nitrogens is 1. The molecule has 142 valence electrons. The lowest BCUT2D eigenvalue weighted by Gasteiger charge is -2.35. The molecule has 0 spiro atoms. The molecule has 2 aliphatic rings. The third-order valence-corrected chi connectivity index (χ3v) is 6.99. The third kappa shape index (κ3) is 3.20. The van der Waals surface area contributed by atoms with Gasteiger partial charge in [-0.2, -0.15) is 0 Å². The number of aliphatic hydroxyl groups excluding tert-OH is 1. The lowest BCUT2D eigenvalue weighted by molar-refractivity contribution is 0.223. The minimum atomic E-state index is 0.161. The summed E-state index contributed by atoms with van der Waals surface area (Å²) in [5.74, 6) is 2.26. The minimum absolute atomic E-state index is 0.161. The van der Waals surface area contributed by atoms with Crippen molar-refractivity contribution in [1.82, 2.24) is 9.88 Å². The summed E-state index contributed by atoms with van der Waals surface area (Å²) in [6.07, 6.45) is 7.62. The largest absolute Gasteiger partial charge is 0.392 e. The molecule has 26 heavy (non-hydrogen) atoms. The van der Waals surface area contributed by atoms with E-state index in [2.05, 4.69) is 48.0 Å². The van der Waals surface area contributed by atoms with Gasteiger partial charge in [0.1, 0.15) is 0 Å². The summed E-state index contributed by atoms with van der Waals surface area (Å²) < 4.78 is 2.66. The van der Waals surface area contributed by atoms with Crippen molar-refractivity contribution in [3.63, 3.8) is 0 Å². The molecule has 0 radical (unpaired) electrons. The summed E-state index contributed by atoms with van der Waals surface area (Å²) in [7, 11) is 0. The number of aliphatic hydroxyl groups is 1. The van der Waals surface area contributed by atoms with E-state index in [1.165, 1.54) is 60.7 Å². The first-order valence-corrected chi connectivity index (χ1v) is 10.6. The fraction of sp³-hybridized carbons (Fsp3) is 0.652. The van der Waals surface area contributed by atoms with E-state index in [4.69, 9.17) is 0 Å². The Morgan fingerprint density at radius 2 is 1.73 bits per heavy atom. The van der Waals surface area contributed by atoms with E-state index in [1.807, 2.05) is 0 Å². The Morgan fingerprint density at radius 1 is 1.04 bits per heavy atom. The Hall–Kier alpha value is -1.32. The van der Waals surface area contributed by atoms with Crippen LogP contribution in [0.2, 0.25) is 0 Å². The van der Waals surface area contributed by atoms with Crippen LogP contribution in [0.4, 0.5) is 0 Å². The number of benzene rings is 1. The highest BCUT2D eigenvalue weighted by molar-refractivity contribution is 5.86. The van der Waals surface area contributed by atoms with Gasteiger partial charge in [-0.05, 0) is 69.5 Å². The van der Waals surface area contributed by atoms with Crippen LogP contribution in [0, 0.1) is 11.8 Å². The van der Waals surface area contributed by atoms with E-state index >= 15 is 0 Å². The summed E-state index contributed by atoms with van der Waals surface area (Å²) in [6.45, 7) is 7.10. The Morgan fingerprint density at radius 3 is 2.38 bits per heavy atom. The van der Waals surface area contributed by atoms with Crippen LogP contribution in [-0.2, 0) is 6.61 Å². The normalized spacial score (nSPS) is 25.2. The smallest absolute Gasteiger partial charge is 0.0705 e. The zero-order valence-electron chi connectivity index (χ0n) is 16.4. The summed E-state index contributed by atoms with van der Waals surface area (Å²) in [5, 5.41) is 15.0. The second-order valence-corrected chi connectivity index (χ2v) is 8.75. The average Bonchev–Trinajstić information content (AvgIpc) is 3.03. The number of nitrogens with zero attached hydrogens (tertiary/aromatic N) is 1. The van der Waals surface area contributed by atoms with Crippen molar-refractivity contribution in [3.05, 3.63) is 35.5 Å². The molecule has 0 bridgehead atoms. The molecule has 0 amide bonds. The van der Waals surface area contributed by atoms with Crippen molar-refractivity contribution >= 4 is 10.9 Å². The van der Waals surface area contributed by atoms with Crippen LogP contribution in [0.15, 0.2) is 24.3 Å². The molecule has 2 fully saturated rings. The lowest BCUT2D eigenvalue weighted by atomic mass is 9.79. The van der Waals surface area contributed by atoms with E-state index < -0.39 is 0 Å². The lowest BCUT2D eigenvalue weighted by Crippen LogP contribution is -2.29. The maximum absolute atomic E-state index is 10.2. The molecule has 1 saturated carbocycles. The average molecular weight is 355 g/mol. The van der Waals surface area contributed by atoms with E-state index in [1.54, 1.807) is 0 Å². The Labute approximate surface area is 157 Å². The van der Waals surface area contributed by atoms with Gasteiger partial charge in [0.15, 0.2) is 0 Å². The first-order valence-electron chi connectivity index (χ1n) is 10.6. The number of piperidine rings is 1. The van der Waals surface area contributed by atoms with Crippen LogP contribution in [0.25, 0.3) is 10.9 Å². The SMILES string of the molecule is CC(C)C1CCC(n2c(C3CCNCC3)c(CO)c3ccccc32)CC1. The van der Waals surface area contributed by atoms with Crippen molar-refractivity contribution in [2.75, 3.05) is 13.1 Å². The molecule has 3 nitrogen and oxygen atoms in total. The molecule has 1 aromatic heterocycles. The monoisotopic (exact) mass is 354 g/mol. The van der Waals surface area contributed by atoms with Gasteiger partial charge in [-0.3, -0.25) is 0 Å². The minimum Gasteiger partial charge on any atom is -0.392 e. The van der Waals surface area contributed by atoms with Crippen LogP contribution >= 0.6 is 0 Å². The van der Waals surface area contributed by atoms with Crippen LogP contribution in [0.1, 0.15) is 75.6 Å². The van der Waals surface area contributed by atoms with Crippen molar-refractivity contribution in [2.24, 2.45) is 11.8 Å². The second kappa shape index (κ2) is 7.74. The van der Waals surface area contributed by atoms with E-state index in [-0.39, 0.29) is 6.61 Å². The molecule has 1 aliphatic carbocycles. The molecule has 0 atom stereocenters. The molecule has 1 aliphatic heterocycles. The fourth-order valence-corrected chi connectivity index (χ4v) is 5.48. The number of hydrogen-bond acceptors (Lipinski definition) is 2. The molecular formula is C23H34N2O. The van der Waals surface area contributed by atoms with Crippen molar-refractivity contribution in [3.8, 4) is 0 Å². The van der Waals surface area contributed by atoms with Crippen LogP contribution < -0.4 is 5.32 Å². The quantitative estimate of drug-likeness (QED) is 0.812. The molecule has 2 aromatic rings. The van der Waals surface area contributed by atoms with Gasteiger partial charge in [0.05, 0.1) is 6.61 Å². The highest BCUT2D eigenvalue weighted by Gasteiger charge is 2.31. The van der Waals surface area contributed by atoms with Crippen LogP contribution in [-0.4, -0.2) is 22.8 Å². The molecule has 1 saturated heterocycles. The maximum Gasteiger partial charge on any atom is 0.0705 e. The zero-order valence-corrected chi connectivity index (χ0v) is 16.4. The van der Waals surface area contributed by atoms with Gasteiger partial charge in [0, 0.05) is 34.1 Å². The highest BCUT2D eigenvalue weighted by atomic mass is 16.3. The van der Waals surface area contributed by atoms with Gasteiger partial charge < -0.3 is 15.0 Å². The summed E-state index contributed by atoms with van der Waals surface area (Å²) in [5.41, 5.74) is 3.99. The first kappa shape index (κ1) is 18.1. The molecule has 2 heterocycles. The number of fused-ring (bicyclic) bond motifs is 1. The van der Waals surface area contributed by atoms with Crippen molar-refractivity contribution < 1.29 is 5.11 Å². The summed E-state index contributed by atoms with van der Waals surface area (Å²) in [6, 6.07) is 9.36. The molecule has 2 N–H and O–H groups in total.